The Bertz CT molecular complexity index is 962. The Morgan fingerprint density at radius 3 is 2.44 bits per heavy atom. The third-order valence-electron chi connectivity index (χ3n) is 3.55. The molecule has 2 N–H and O–H groups in total. The van der Waals surface area contributed by atoms with Crippen molar-refractivity contribution in [3.63, 3.8) is 0 Å². The normalized spacial score (nSPS) is 10.2. The van der Waals surface area contributed by atoms with E-state index in [2.05, 4.69) is 42.6 Å². The van der Waals surface area contributed by atoms with Crippen molar-refractivity contribution < 1.29 is 0 Å². The molecular weight excluding hydrogens is 378 g/mol. The highest BCUT2D eigenvalue weighted by Gasteiger charge is 2.06. The molecule has 0 unspecified atom stereocenters. The van der Waals surface area contributed by atoms with Gasteiger partial charge in [-0.3, -0.25) is 0 Å². The first kappa shape index (κ1) is 16.9. The topological polar surface area (TPSA) is 73.6 Å². The summed E-state index contributed by atoms with van der Waals surface area (Å²) in [5, 5.41) is 15.6. The van der Waals surface area contributed by atoms with Crippen molar-refractivity contribution in [3.05, 3.63) is 70.0 Å². The molecule has 0 fully saturated rings. The SMILES string of the molecule is Cc1nc(Nc2cccc(C#N)c2)cc(Nc2ccc(Br)cc2C)n1. The predicted octanol–water partition coefficient (Wildman–Crippen LogP) is 5.21. The number of halogens is 1. The Hall–Kier alpha value is -2.91. The molecule has 2 aromatic carbocycles. The monoisotopic (exact) mass is 393 g/mol. The van der Waals surface area contributed by atoms with Crippen LogP contribution in [0.2, 0.25) is 0 Å². The van der Waals surface area contributed by atoms with Crippen LogP contribution in [0.5, 0.6) is 0 Å². The number of aryl methyl sites for hydroxylation is 2. The minimum Gasteiger partial charge on any atom is -0.340 e. The van der Waals surface area contributed by atoms with Gasteiger partial charge in [0, 0.05) is 21.9 Å². The Balaban J connectivity index is 1.86. The molecule has 1 heterocycles. The molecule has 0 bridgehead atoms. The highest BCUT2D eigenvalue weighted by atomic mass is 79.9. The molecule has 25 heavy (non-hydrogen) atoms. The van der Waals surface area contributed by atoms with Gasteiger partial charge in [0.05, 0.1) is 11.6 Å². The van der Waals surface area contributed by atoms with Gasteiger partial charge in [0.1, 0.15) is 17.5 Å². The molecule has 0 spiro atoms. The number of rotatable bonds is 4. The van der Waals surface area contributed by atoms with Gasteiger partial charge in [-0.25, -0.2) is 9.97 Å². The van der Waals surface area contributed by atoms with E-state index >= 15 is 0 Å². The third kappa shape index (κ3) is 4.34. The maximum absolute atomic E-state index is 9.01. The highest BCUT2D eigenvalue weighted by Crippen LogP contribution is 2.25. The number of nitrogens with one attached hydrogen (secondary N) is 2. The molecule has 5 nitrogen and oxygen atoms in total. The molecule has 0 aliphatic heterocycles. The van der Waals surface area contributed by atoms with E-state index in [0.29, 0.717) is 23.0 Å². The van der Waals surface area contributed by atoms with E-state index in [1.54, 1.807) is 12.1 Å². The summed E-state index contributed by atoms with van der Waals surface area (Å²) in [4.78, 5) is 8.85. The first-order valence-corrected chi connectivity index (χ1v) is 8.49. The fraction of sp³-hybridized carbons (Fsp3) is 0.105. The second-order valence-corrected chi connectivity index (χ2v) is 6.50. The van der Waals surface area contributed by atoms with E-state index < -0.39 is 0 Å². The van der Waals surface area contributed by atoms with Gasteiger partial charge in [0.2, 0.25) is 0 Å². The largest absolute Gasteiger partial charge is 0.340 e. The molecular formula is C19H16BrN5. The average Bonchev–Trinajstić information content (AvgIpc) is 2.57. The first-order valence-electron chi connectivity index (χ1n) is 7.69. The van der Waals surface area contributed by atoms with Crippen molar-refractivity contribution in [3.8, 4) is 6.07 Å². The summed E-state index contributed by atoms with van der Waals surface area (Å²) in [5.41, 5.74) is 3.50. The van der Waals surface area contributed by atoms with Crippen LogP contribution in [0.25, 0.3) is 0 Å². The number of aromatic nitrogens is 2. The lowest BCUT2D eigenvalue weighted by molar-refractivity contribution is 1.06. The molecule has 124 valence electrons. The van der Waals surface area contributed by atoms with Gasteiger partial charge in [0.15, 0.2) is 0 Å². The van der Waals surface area contributed by atoms with Crippen LogP contribution < -0.4 is 10.6 Å². The van der Waals surface area contributed by atoms with Gasteiger partial charge in [-0.15, -0.1) is 0 Å². The summed E-state index contributed by atoms with van der Waals surface area (Å²) in [7, 11) is 0. The van der Waals surface area contributed by atoms with E-state index in [1.807, 2.05) is 50.2 Å². The van der Waals surface area contributed by atoms with Crippen molar-refractivity contribution in [1.82, 2.24) is 9.97 Å². The number of nitrogens with zero attached hydrogens (tertiary/aromatic N) is 3. The van der Waals surface area contributed by atoms with Crippen LogP contribution in [-0.4, -0.2) is 9.97 Å². The Morgan fingerprint density at radius 2 is 1.72 bits per heavy atom. The highest BCUT2D eigenvalue weighted by molar-refractivity contribution is 9.10. The number of hydrogen-bond acceptors (Lipinski definition) is 5. The maximum atomic E-state index is 9.01. The Kier molecular flexibility index (Phi) is 4.96. The lowest BCUT2D eigenvalue weighted by Crippen LogP contribution is -2.02. The summed E-state index contributed by atoms with van der Waals surface area (Å²) in [5.74, 6) is 2.02. The zero-order valence-electron chi connectivity index (χ0n) is 13.8. The summed E-state index contributed by atoms with van der Waals surface area (Å²) in [6, 6.07) is 17.3. The van der Waals surface area contributed by atoms with E-state index in [1.165, 1.54) is 0 Å². The van der Waals surface area contributed by atoms with Crippen LogP contribution in [0.15, 0.2) is 53.0 Å². The van der Waals surface area contributed by atoms with Crippen LogP contribution in [-0.2, 0) is 0 Å². The fourth-order valence-electron chi connectivity index (χ4n) is 2.42. The number of anilines is 4. The van der Waals surface area contributed by atoms with Gasteiger partial charge in [-0.05, 0) is 55.8 Å². The number of nitriles is 1. The summed E-state index contributed by atoms with van der Waals surface area (Å²) >= 11 is 3.47. The molecule has 0 aliphatic rings. The van der Waals surface area contributed by atoms with Crippen LogP contribution in [0.1, 0.15) is 17.0 Å². The lowest BCUT2D eigenvalue weighted by atomic mass is 10.2. The molecule has 0 saturated carbocycles. The van der Waals surface area contributed by atoms with Crippen molar-refractivity contribution in [2.24, 2.45) is 0 Å². The van der Waals surface area contributed by atoms with E-state index in [4.69, 9.17) is 5.26 Å². The second kappa shape index (κ2) is 7.32. The van der Waals surface area contributed by atoms with E-state index in [9.17, 15) is 0 Å². The summed E-state index contributed by atoms with van der Waals surface area (Å²) < 4.78 is 1.04. The van der Waals surface area contributed by atoms with Gasteiger partial charge < -0.3 is 10.6 Å². The van der Waals surface area contributed by atoms with Crippen molar-refractivity contribution in [1.29, 1.82) is 5.26 Å². The zero-order valence-corrected chi connectivity index (χ0v) is 15.4. The molecule has 0 aliphatic carbocycles. The zero-order chi connectivity index (χ0) is 17.8. The van der Waals surface area contributed by atoms with Gasteiger partial charge in [0.25, 0.3) is 0 Å². The molecule has 0 amide bonds. The van der Waals surface area contributed by atoms with Gasteiger partial charge in [-0.2, -0.15) is 5.26 Å². The van der Waals surface area contributed by atoms with Crippen LogP contribution >= 0.6 is 15.9 Å². The smallest absolute Gasteiger partial charge is 0.136 e. The van der Waals surface area contributed by atoms with Gasteiger partial charge >= 0.3 is 0 Å². The minimum atomic E-state index is 0.597. The predicted molar refractivity (Wildman–Crippen MR) is 103 cm³/mol. The Labute approximate surface area is 154 Å². The lowest BCUT2D eigenvalue weighted by Gasteiger charge is -2.12. The quantitative estimate of drug-likeness (QED) is 0.635. The van der Waals surface area contributed by atoms with Crippen molar-refractivity contribution >= 4 is 38.9 Å². The number of hydrogen-bond donors (Lipinski definition) is 2. The fourth-order valence-corrected chi connectivity index (χ4v) is 2.89. The van der Waals surface area contributed by atoms with Crippen LogP contribution in [0.3, 0.4) is 0 Å². The second-order valence-electron chi connectivity index (χ2n) is 5.59. The third-order valence-corrected chi connectivity index (χ3v) is 4.05. The van der Waals surface area contributed by atoms with E-state index in [0.717, 1.165) is 21.4 Å². The first-order chi connectivity index (χ1) is 12.0. The minimum absolute atomic E-state index is 0.597. The van der Waals surface area contributed by atoms with E-state index in [-0.39, 0.29) is 0 Å². The van der Waals surface area contributed by atoms with Crippen molar-refractivity contribution in [2.75, 3.05) is 10.6 Å². The molecule has 1 aromatic heterocycles. The molecule has 6 heteroatoms. The van der Waals surface area contributed by atoms with Crippen LogP contribution in [0.4, 0.5) is 23.0 Å². The van der Waals surface area contributed by atoms with Gasteiger partial charge in [-0.1, -0.05) is 22.0 Å². The summed E-state index contributed by atoms with van der Waals surface area (Å²) in [6.45, 7) is 3.88. The molecule has 0 saturated heterocycles. The summed E-state index contributed by atoms with van der Waals surface area (Å²) in [6.07, 6.45) is 0. The standard InChI is InChI=1S/C19H16BrN5/c1-12-8-15(20)6-7-17(12)25-19-10-18(22-13(2)23-19)24-16-5-3-4-14(9-16)11-21/h3-10H,1-2H3,(H2,22,23,24,25). The van der Waals surface area contributed by atoms with Crippen molar-refractivity contribution in [2.45, 2.75) is 13.8 Å². The maximum Gasteiger partial charge on any atom is 0.136 e. The molecule has 3 aromatic rings. The molecule has 0 radical (unpaired) electrons. The molecule has 0 atom stereocenters. The molecule has 3 rings (SSSR count). The average molecular weight is 394 g/mol. The van der Waals surface area contributed by atoms with Crippen LogP contribution in [0, 0.1) is 25.2 Å². The number of benzene rings is 2. The Morgan fingerprint density at radius 1 is 0.960 bits per heavy atom.